The first kappa shape index (κ1) is 13.3. The zero-order chi connectivity index (χ0) is 14.4. The summed E-state index contributed by atoms with van der Waals surface area (Å²) in [6, 6.07) is 0.393. The van der Waals surface area contributed by atoms with Crippen LogP contribution >= 0.6 is 0 Å². The van der Waals surface area contributed by atoms with Crippen LogP contribution in [0, 0.1) is 11.8 Å². The van der Waals surface area contributed by atoms with Crippen LogP contribution in [-0.2, 0) is 17.8 Å². The van der Waals surface area contributed by atoms with Crippen LogP contribution < -0.4 is 10.9 Å². The Hall–Kier alpha value is -1.40. The number of fused-ring (bicyclic) bond motifs is 2. The van der Waals surface area contributed by atoms with Crippen LogP contribution in [0.15, 0.2) is 6.33 Å². The van der Waals surface area contributed by atoms with Crippen molar-refractivity contribution in [2.24, 2.45) is 11.8 Å². The Labute approximate surface area is 124 Å². The molecule has 3 N–H and O–H groups in total. The number of hydrogen-bond donors (Lipinski definition) is 3. The standard InChI is InChI=1S/C15H23N5O/c1-9-2-3-11-10(6-9)14(19-18-11)15(21)20-5-4-12-13(7-20)17-8-16-12/h8-11,14,18-19H,2-7H2,1H3,(H,16,17). The molecule has 4 atom stereocenters. The van der Waals surface area contributed by atoms with Crippen molar-refractivity contribution in [2.75, 3.05) is 6.54 Å². The van der Waals surface area contributed by atoms with Gasteiger partial charge in [-0.05, 0) is 25.2 Å². The van der Waals surface area contributed by atoms with Gasteiger partial charge in [0.25, 0.3) is 0 Å². The summed E-state index contributed by atoms with van der Waals surface area (Å²) in [5.41, 5.74) is 8.82. The second kappa shape index (κ2) is 5.10. The van der Waals surface area contributed by atoms with E-state index in [9.17, 15) is 4.79 Å². The van der Waals surface area contributed by atoms with Gasteiger partial charge in [0.15, 0.2) is 0 Å². The number of hydrazine groups is 1. The predicted octanol–water partition coefficient (Wildman–Crippen LogP) is 0.576. The summed E-state index contributed by atoms with van der Waals surface area (Å²) in [7, 11) is 0. The highest BCUT2D eigenvalue weighted by molar-refractivity contribution is 5.83. The smallest absolute Gasteiger partial charge is 0.241 e. The van der Waals surface area contributed by atoms with Gasteiger partial charge in [-0.15, -0.1) is 0 Å². The molecule has 2 aliphatic heterocycles. The lowest BCUT2D eigenvalue weighted by Gasteiger charge is -2.34. The van der Waals surface area contributed by atoms with Crippen LogP contribution in [0.4, 0.5) is 0 Å². The Bertz CT molecular complexity index is 542. The van der Waals surface area contributed by atoms with Crippen LogP contribution in [0.2, 0.25) is 0 Å². The fourth-order valence-electron chi connectivity index (χ4n) is 4.12. The summed E-state index contributed by atoms with van der Waals surface area (Å²) in [6.45, 7) is 3.74. The summed E-state index contributed by atoms with van der Waals surface area (Å²) in [6.07, 6.45) is 6.16. The summed E-state index contributed by atoms with van der Waals surface area (Å²) in [5.74, 6) is 1.40. The Morgan fingerprint density at radius 3 is 3.19 bits per heavy atom. The molecule has 114 valence electrons. The van der Waals surface area contributed by atoms with Crippen molar-refractivity contribution in [1.29, 1.82) is 0 Å². The van der Waals surface area contributed by atoms with E-state index < -0.39 is 0 Å². The molecule has 0 radical (unpaired) electrons. The topological polar surface area (TPSA) is 73.0 Å². The SMILES string of the molecule is CC1CCC2NNC(C(=O)N3CCc4nc[nH]c4C3)C2C1. The van der Waals surface area contributed by atoms with Crippen LogP contribution in [0.25, 0.3) is 0 Å². The normalized spacial score (nSPS) is 35.4. The maximum atomic E-state index is 12.9. The highest BCUT2D eigenvalue weighted by Crippen LogP contribution is 2.34. The number of imidazole rings is 1. The third-order valence-corrected chi connectivity index (χ3v) is 5.37. The molecule has 0 aromatic carbocycles. The molecule has 4 rings (SSSR count). The fourth-order valence-corrected chi connectivity index (χ4v) is 4.12. The largest absolute Gasteiger partial charge is 0.347 e. The first-order valence-corrected chi connectivity index (χ1v) is 8.03. The number of aromatic amines is 1. The molecule has 4 unspecified atom stereocenters. The average Bonchev–Trinajstić information content (AvgIpc) is 3.11. The first-order chi connectivity index (χ1) is 10.2. The number of H-pyrrole nitrogens is 1. The molecule has 1 aromatic rings. The van der Waals surface area contributed by atoms with Crippen LogP contribution in [-0.4, -0.2) is 39.4 Å². The van der Waals surface area contributed by atoms with E-state index in [0.717, 1.165) is 36.7 Å². The van der Waals surface area contributed by atoms with Gasteiger partial charge in [0, 0.05) is 24.9 Å². The molecule has 0 bridgehead atoms. The summed E-state index contributed by atoms with van der Waals surface area (Å²) in [4.78, 5) is 22.3. The summed E-state index contributed by atoms with van der Waals surface area (Å²) in [5, 5.41) is 0. The van der Waals surface area contributed by atoms with Gasteiger partial charge in [-0.25, -0.2) is 10.4 Å². The molecule has 3 aliphatic rings. The highest BCUT2D eigenvalue weighted by atomic mass is 16.2. The van der Waals surface area contributed by atoms with Crippen molar-refractivity contribution >= 4 is 5.91 Å². The Morgan fingerprint density at radius 2 is 2.29 bits per heavy atom. The monoisotopic (exact) mass is 289 g/mol. The summed E-state index contributed by atoms with van der Waals surface area (Å²) >= 11 is 0. The molecule has 1 amide bonds. The third kappa shape index (κ3) is 2.26. The third-order valence-electron chi connectivity index (χ3n) is 5.37. The van der Waals surface area contributed by atoms with Crippen molar-refractivity contribution in [3.05, 3.63) is 17.7 Å². The molecule has 3 heterocycles. The molecule has 6 heteroatoms. The van der Waals surface area contributed by atoms with E-state index in [4.69, 9.17) is 0 Å². The Kier molecular flexibility index (Phi) is 3.23. The van der Waals surface area contributed by atoms with Gasteiger partial charge < -0.3 is 9.88 Å². The molecule has 0 spiro atoms. The quantitative estimate of drug-likeness (QED) is 0.707. The number of carbonyl (C=O) groups excluding carboxylic acids is 1. The highest BCUT2D eigenvalue weighted by Gasteiger charge is 2.44. The maximum absolute atomic E-state index is 12.9. The van der Waals surface area contributed by atoms with Gasteiger partial charge in [0.2, 0.25) is 5.91 Å². The minimum absolute atomic E-state index is 0.0674. The second-order valence-corrected chi connectivity index (χ2v) is 6.79. The van der Waals surface area contributed by atoms with Crippen molar-refractivity contribution < 1.29 is 4.79 Å². The average molecular weight is 289 g/mol. The number of hydrogen-bond acceptors (Lipinski definition) is 4. The van der Waals surface area contributed by atoms with Gasteiger partial charge in [-0.2, -0.15) is 0 Å². The molecule has 2 fully saturated rings. The van der Waals surface area contributed by atoms with Crippen LogP contribution in [0.1, 0.15) is 37.6 Å². The van der Waals surface area contributed by atoms with Gasteiger partial charge in [-0.3, -0.25) is 10.2 Å². The predicted molar refractivity (Wildman–Crippen MR) is 78.1 cm³/mol. The van der Waals surface area contributed by atoms with Crippen molar-refractivity contribution in [3.8, 4) is 0 Å². The molecule has 21 heavy (non-hydrogen) atoms. The lowest BCUT2D eigenvalue weighted by molar-refractivity contribution is -0.135. The molecule has 1 saturated carbocycles. The molecule has 6 nitrogen and oxygen atoms in total. The molecular weight excluding hydrogens is 266 g/mol. The number of nitrogens with one attached hydrogen (secondary N) is 3. The van der Waals surface area contributed by atoms with E-state index >= 15 is 0 Å². The van der Waals surface area contributed by atoms with Crippen LogP contribution in [0.3, 0.4) is 0 Å². The van der Waals surface area contributed by atoms with E-state index in [1.54, 1.807) is 6.33 Å². The second-order valence-electron chi connectivity index (χ2n) is 6.79. The number of amides is 1. The van der Waals surface area contributed by atoms with Crippen molar-refractivity contribution in [2.45, 2.75) is 51.2 Å². The van der Waals surface area contributed by atoms with Crippen molar-refractivity contribution in [3.63, 3.8) is 0 Å². The number of aromatic nitrogens is 2. The Balaban J connectivity index is 1.48. The zero-order valence-electron chi connectivity index (χ0n) is 12.4. The zero-order valence-corrected chi connectivity index (χ0v) is 12.4. The first-order valence-electron chi connectivity index (χ1n) is 8.03. The van der Waals surface area contributed by atoms with Crippen LogP contribution in [0.5, 0.6) is 0 Å². The number of rotatable bonds is 1. The minimum atomic E-state index is -0.0674. The molecule has 1 aliphatic carbocycles. The van der Waals surface area contributed by atoms with Crippen molar-refractivity contribution in [1.82, 2.24) is 25.7 Å². The van der Waals surface area contributed by atoms with E-state index in [2.05, 4.69) is 27.7 Å². The van der Waals surface area contributed by atoms with Gasteiger partial charge >= 0.3 is 0 Å². The van der Waals surface area contributed by atoms with E-state index in [-0.39, 0.29) is 11.9 Å². The Morgan fingerprint density at radius 1 is 1.38 bits per heavy atom. The maximum Gasteiger partial charge on any atom is 0.241 e. The molecular formula is C15H23N5O. The van der Waals surface area contributed by atoms with Gasteiger partial charge in [0.1, 0.15) is 6.04 Å². The molecule has 1 aromatic heterocycles. The fraction of sp³-hybridized carbons (Fsp3) is 0.733. The number of nitrogens with zero attached hydrogens (tertiary/aromatic N) is 2. The minimum Gasteiger partial charge on any atom is -0.347 e. The lowest BCUT2D eigenvalue weighted by Crippen LogP contribution is -2.49. The van der Waals surface area contributed by atoms with Gasteiger partial charge in [-0.1, -0.05) is 6.92 Å². The summed E-state index contributed by atoms with van der Waals surface area (Å²) < 4.78 is 0. The van der Waals surface area contributed by atoms with E-state index in [1.807, 2.05) is 4.90 Å². The van der Waals surface area contributed by atoms with E-state index in [0.29, 0.717) is 18.5 Å². The van der Waals surface area contributed by atoms with E-state index in [1.165, 1.54) is 12.8 Å². The van der Waals surface area contributed by atoms with Gasteiger partial charge in [0.05, 0.1) is 24.3 Å². The number of carbonyl (C=O) groups is 1. The molecule has 1 saturated heterocycles. The lowest BCUT2D eigenvalue weighted by atomic mass is 9.76.